The Kier molecular flexibility index (Phi) is 6.86. The van der Waals surface area contributed by atoms with Gasteiger partial charge in [-0.15, -0.1) is 0 Å². The van der Waals surface area contributed by atoms with Gasteiger partial charge in [-0.1, -0.05) is 43.2 Å². The van der Waals surface area contributed by atoms with Gasteiger partial charge >= 0.3 is 5.97 Å². The van der Waals surface area contributed by atoms with Crippen LogP contribution in [0.3, 0.4) is 0 Å². The molecule has 0 radical (unpaired) electrons. The fourth-order valence-corrected chi connectivity index (χ4v) is 3.62. The minimum Gasteiger partial charge on any atom is -0.455 e. The molecule has 2 rings (SSSR count). The monoisotopic (exact) mass is 362 g/mol. The van der Waals surface area contributed by atoms with Crippen LogP contribution in [0.25, 0.3) is 0 Å². The van der Waals surface area contributed by atoms with Crippen molar-refractivity contribution in [2.75, 3.05) is 0 Å². The lowest BCUT2D eigenvalue weighted by Crippen LogP contribution is -2.44. The Morgan fingerprint density at radius 3 is 2.58 bits per heavy atom. The van der Waals surface area contributed by atoms with Crippen LogP contribution < -0.4 is 0 Å². The van der Waals surface area contributed by atoms with E-state index in [1.807, 2.05) is 13.0 Å². The molecule has 1 fully saturated rings. The Hall–Kier alpha value is -1.39. The molecule has 1 saturated heterocycles. The number of ether oxygens (including phenoxy) is 2. The summed E-state index contributed by atoms with van der Waals surface area (Å²) in [7, 11) is 0. The molecule has 0 spiro atoms. The predicted octanol–water partition coefficient (Wildman–Crippen LogP) is 4.49. The highest BCUT2D eigenvalue weighted by molar-refractivity contribution is 5.66. The van der Waals surface area contributed by atoms with Crippen LogP contribution in [0.1, 0.15) is 67.2 Å². The van der Waals surface area contributed by atoms with Gasteiger partial charge in [-0.2, -0.15) is 0 Å². The topological polar surface area (TPSA) is 59.1 Å². The molecule has 0 unspecified atom stereocenters. The molecule has 26 heavy (non-hydrogen) atoms. The van der Waals surface area contributed by atoms with Crippen LogP contribution in [0.5, 0.6) is 0 Å². The molecule has 0 amide bonds. The Bertz CT molecular complexity index is 614. The van der Waals surface area contributed by atoms with Crippen LogP contribution in [0.4, 0.5) is 0 Å². The first kappa shape index (κ1) is 20.9. The largest absolute Gasteiger partial charge is 0.455 e. The van der Waals surface area contributed by atoms with Crippen molar-refractivity contribution in [3.05, 3.63) is 34.9 Å². The van der Waals surface area contributed by atoms with Gasteiger partial charge in [0, 0.05) is 6.92 Å². The van der Waals surface area contributed by atoms with Gasteiger partial charge in [-0.25, -0.2) is 0 Å². The van der Waals surface area contributed by atoms with E-state index in [4.69, 9.17) is 9.47 Å². The van der Waals surface area contributed by atoms with Crippen LogP contribution in [-0.2, 0) is 14.3 Å². The molecule has 4 atom stereocenters. The smallest absolute Gasteiger partial charge is 0.303 e. The summed E-state index contributed by atoms with van der Waals surface area (Å²) in [6.45, 7) is 11.7. The summed E-state index contributed by atoms with van der Waals surface area (Å²) in [5.74, 6) is -0.240. The molecular formula is C22H34O4. The van der Waals surface area contributed by atoms with E-state index in [-0.39, 0.29) is 18.0 Å². The van der Waals surface area contributed by atoms with Gasteiger partial charge in [0.05, 0.1) is 6.10 Å². The molecule has 0 saturated carbocycles. The molecule has 0 aromatic rings. The van der Waals surface area contributed by atoms with E-state index in [0.29, 0.717) is 0 Å². The van der Waals surface area contributed by atoms with Gasteiger partial charge in [0.1, 0.15) is 11.7 Å². The van der Waals surface area contributed by atoms with E-state index in [1.165, 1.54) is 18.1 Å². The van der Waals surface area contributed by atoms with Gasteiger partial charge in [-0.05, 0) is 57.9 Å². The summed E-state index contributed by atoms with van der Waals surface area (Å²) >= 11 is 0. The average molecular weight is 363 g/mol. The lowest BCUT2D eigenvalue weighted by Gasteiger charge is -2.30. The van der Waals surface area contributed by atoms with E-state index >= 15 is 0 Å². The van der Waals surface area contributed by atoms with Gasteiger partial charge < -0.3 is 14.6 Å². The number of epoxide rings is 1. The summed E-state index contributed by atoms with van der Waals surface area (Å²) in [5, 5.41) is 11.1. The average Bonchev–Trinajstić information content (AvgIpc) is 3.22. The number of aliphatic hydroxyl groups is 1. The maximum atomic E-state index is 11.7. The fourth-order valence-electron chi connectivity index (χ4n) is 3.62. The molecule has 0 aromatic heterocycles. The summed E-state index contributed by atoms with van der Waals surface area (Å²) in [4.78, 5) is 11.7. The standard InChI is InChI=1S/C22H34O4/c1-14(2)18-12-10-15(3)8-7-9-16(4)11-13-19-22(6,26-19)21(24)20(18)25-17(5)23/h9-10,12,14,19-21,24H,7-8,11,13H2,1-6H3/b15-10+,16-9+,18-12-/t19-,20+,21+,22+/m0/s1. The van der Waals surface area contributed by atoms with Gasteiger partial charge in [0.15, 0.2) is 6.10 Å². The molecule has 2 aliphatic rings. The van der Waals surface area contributed by atoms with Gasteiger partial charge in [-0.3, -0.25) is 4.79 Å². The number of rotatable bonds is 2. The number of carbonyl (C=O) groups excluding carboxylic acids is 1. The molecule has 4 heteroatoms. The van der Waals surface area contributed by atoms with E-state index in [0.717, 1.165) is 31.3 Å². The van der Waals surface area contributed by atoms with E-state index < -0.39 is 17.8 Å². The molecule has 0 bridgehead atoms. The molecule has 146 valence electrons. The molecule has 0 aromatic carbocycles. The molecule has 4 nitrogen and oxygen atoms in total. The maximum Gasteiger partial charge on any atom is 0.303 e. The minimum absolute atomic E-state index is 0.00691. The third kappa shape index (κ3) is 5.08. The zero-order chi connectivity index (χ0) is 19.5. The van der Waals surface area contributed by atoms with Crippen LogP contribution in [0.2, 0.25) is 0 Å². The summed E-state index contributed by atoms with van der Waals surface area (Å²) in [6.07, 6.45) is 8.67. The molecule has 1 N–H and O–H groups in total. The molecule has 1 aliphatic carbocycles. The highest BCUT2D eigenvalue weighted by Gasteiger charge is 2.60. The fraction of sp³-hybridized carbons (Fsp3) is 0.682. The van der Waals surface area contributed by atoms with Gasteiger partial charge in [0.2, 0.25) is 0 Å². The zero-order valence-corrected chi connectivity index (χ0v) is 17.0. The van der Waals surface area contributed by atoms with Crippen LogP contribution in [0.15, 0.2) is 34.9 Å². The van der Waals surface area contributed by atoms with E-state index in [2.05, 4.69) is 39.8 Å². The Labute approximate surface area is 158 Å². The number of fused-ring (bicyclic) bond motifs is 1. The van der Waals surface area contributed by atoms with E-state index in [9.17, 15) is 9.90 Å². The second-order valence-corrected chi connectivity index (χ2v) is 8.23. The normalized spacial score (nSPS) is 39.4. The molecular weight excluding hydrogens is 328 g/mol. The Morgan fingerprint density at radius 1 is 1.27 bits per heavy atom. The number of hydrogen-bond donors (Lipinski definition) is 1. The van der Waals surface area contributed by atoms with Crippen molar-refractivity contribution in [3.8, 4) is 0 Å². The van der Waals surface area contributed by atoms with Crippen molar-refractivity contribution < 1.29 is 19.4 Å². The van der Waals surface area contributed by atoms with E-state index in [1.54, 1.807) is 0 Å². The molecule has 1 aliphatic heterocycles. The third-order valence-corrected chi connectivity index (χ3v) is 5.53. The maximum absolute atomic E-state index is 11.7. The summed E-state index contributed by atoms with van der Waals surface area (Å²) in [6, 6.07) is 0. The quantitative estimate of drug-likeness (QED) is 0.447. The van der Waals surface area contributed by atoms with Crippen molar-refractivity contribution in [1.82, 2.24) is 0 Å². The first-order chi connectivity index (χ1) is 12.1. The van der Waals surface area contributed by atoms with Crippen molar-refractivity contribution in [3.63, 3.8) is 0 Å². The third-order valence-electron chi connectivity index (χ3n) is 5.53. The zero-order valence-electron chi connectivity index (χ0n) is 17.0. The first-order valence-electron chi connectivity index (χ1n) is 9.71. The molecule has 1 heterocycles. The second-order valence-electron chi connectivity index (χ2n) is 8.23. The highest BCUT2D eigenvalue weighted by Crippen LogP contribution is 2.45. The minimum atomic E-state index is -0.883. The Morgan fingerprint density at radius 2 is 1.96 bits per heavy atom. The number of hydrogen-bond acceptors (Lipinski definition) is 4. The van der Waals surface area contributed by atoms with Crippen LogP contribution in [-0.4, -0.2) is 35.0 Å². The van der Waals surface area contributed by atoms with Crippen molar-refractivity contribution >= 4 is 5.97 Å². The number of aliphatic hydroxyl groups excluding tert-OH is 1. The lowest BCUT2D eigenvalue weighted by molar-refractivity contribution is -0.152. The van der Waals surface area contributed by atoms with Crippen LogP contribution >= 0.6 is 0 Å². The van der Waals surface area contributed by atoms with Gasteiger partial charge in [0.25, 0.3) is 0 Å². The summed E-state index contributed by atoms with van der Waals surface area (Å²) < 4.78 is 11.5. The number of allylic oxidation sites excluding steroid dienone is 5. The Balaban J connectivity index is 2.40. The number of carbonyl (C=O) groups is 1. The SMILES string of the molecule is CC(=O)O[C@@H]1/C(C(C)C)=C\C=C(/C)CC/C=C(\C)CC[C@@H]2O[C@@]2(C)[C@@H]1O. The first-order valence-corrected chi connectivity index (χ1v) is 9.71. The lowest BCUT2D eigenvalue weighted by atomic mass is 9.85. The van der Waals surface area contributed by atoms with Crippen LogP contribution in [0, 0.1) is 5.92 Å². The number of esters is 1. The second kappa shape index (κ2) is 8.53. The van der Waals surface area contributed by atoms with Crippen molar-refractivity contribution in [1.29, 1.82) is 0 Å². The summed E-state index contributed by atoms with van der Waals surface area (Å²) in [5.41, 5.74) is 2.88. The van der Waals surface area contributed by atoms with Crippen molar-refractivity contribution in [2.45, 2.75) is 91.1 Å². The van der Waals surface area contributed by atoms with Crippen molar-refractivity contribution in [2.24, 2.45) is 5.92 Å². The predicted molar refractivity (Wildman–Crippen MR) is 104 cm³/mol. The highest BCUT2D eigenvalue weighted by atomic mass is 16.6.